The highest BCUT2D eigenvalue weighted by atomic mass is 35.5. The van der Waals surface area contributed by atoms with E-state index in [4.69, 9.17) is 34.0 Å². The van der Waals surface area contributed by atoms with Gasteiger partial charge >= 0.3 is 12.1 Å². The first kappa shape index (κ1) is 24.7. The van der Waals surface area contributed by atoms with E-state index in [1.165, 1.54) is 6.07 Å². The molecular weight excluding hydrogens is 466 g/mol. The maximum Gasteiger partial charge on any atom is 0.424 e. The van der Waals surface area contributed by atoms with E-state index < -0.39 is 36.0 Å². The topological polar surface area (TPSA) is 109 Å². The van der Waals surface area contributed by atoms with Gasteiger partial charge in [0.25, 0.3) is 0 Å². The Bertz CT molecular complexity index is 887. The van der Waals surface area contributed by atoms with Crippen LogP contribution in [0.1, 0.15) is 18.7 Å². The summed E-state index contributed by atoms with van der Waals surface area (Å²) in [6.45, 7) is 0. The third kappa shape index (κ3) is 5.98. The molecule has 12 heteroatoms. The normalized spacial score (nSPS) is 14.9. The zero-order valence-corrected chi connectivity index (χ0v) is 17.7. The number of alkyl halides is 3. The molecule has 2 atom stereocenters. The number of halogens is 5. The Kier molecular flexibility index (Phi) is 8.35. The van der Waals surface area contributed by atoms with Gasteiger partial charge in [0.15, 0.2) is 5.82 Å². The fraction of sp³-hybridized carbons (Fsp3) is 0.389. The summed E-state index contributed by atoms with van der Waals surface area (Å²) >= 11 is 13.0. The number of aliphatic hydroxyl groups is 1. The lowest BCUT2D eigenvalue weighted by Gasteiger charge is -2.29. The molecule has 0 aliphatic heterocycles. The fourth-order valence-electron chi connectivity index (χ4n) is 2.44. The number of carboxylic acid groups (broad SMARTS) is 1. The predicted molar refractivity (Wildman–Crippen MR) is 110 cm³/mol. The Morgan fingerprint density at radius 3 is 2.37 bits per heavy atom. The zero-order valence-electron chi connectivity index (χ0n) is 15.4. The minimum atomic E-state index is -5.01. The molecule has 0 saturated heterocycles. The first-order valence-electron chi connectivity index (χ1n) is 8.59. The van der Waals surface area contributed by atoms with Gasteiger partial charge in [0.2, 0.25) is 5.60 Å². The third-order valence-electron chi connectivity index (χ3n) is 4.23. The van der Waals surface area contributed by atoms with E-state index in [1.54, 1.807) is 12.1 Å². The summed E-state index contributed by atoms with van der Waals surface area (Å²) in [4.78, 5) is 18.1. The highest BCUT2D eigenvalue weighted by molar-refractivity contribution is 7.99. The monoisotopic (exact) mass is 483 g/mol. The molecule has 2 rings (SSSR count). The van der Waals surface area contributed by atoms with Gasteiger partial charge in [0.05, 0.1) is 0 Å². The van der Waals surface area contributed by atoms with Gasteiger partial charge < -0.3 is 15.9 Å². The smallest absolute Gasteiger partial charge is 0.424 e. The summed E-state index contributed by atoms with van der Waals surface area (Å²) in [5.74, 6) is -1.84. The number of benzene rings is 1. The highest BCUT2D eigenvalue weighted by Crippen LogP contribution is 2.41. The van der Waals surface area contributed by atoms with Crippen molar-refractivity contribution < 1.29 is 28.2 Å². The molecule has 164 valence electrons. The maximum absolute atomic E-state index is 13.6. The van der Waals surface area contributed by atoms with Crippen molar-refractivity contribution in [3.63, 3.8) is 0 Å². The molecule has 0 bridgehead atoms. The lowest BCUT2D eigenvalue weighted by atomic mass is 9.98. The van der Waals surface area contributed by atoms with Crippen LogP contribution in [0, 0.1) is 0 Å². The van der Waals surface area contributed by atoms with Crippen LogP contribution in [0.25, 0.3) is 11.1 Å². The van der Waals surface area contributed by atoms with Crippen molar-refractivity contribution in [3.05, 3.63) is 46.5 Å². The zero-order chi connectivity index (χ0) is 22.5. The van der Waals surface area contributed by atoms with Gasteiger partial charge in [-0.15, -0.1) is 0 Å². The molecule has 2 aromatic rings. The molecule has 1 heterocycles. The average Bonchev–Trinajstić information content (AvgIpc) is 2.66. The molecule has 0 aliphatic carbocycles. The van der Waals surface area contributed by atoms with E-state index in [9.17, 15) is 23.1 Å². The van der Waals surface area contributed by atoms with E-state index in [0.29, 0.717) is 16.1 Å². The van der Waals surface area contributed by atoms with E-state index in [0.717, 1.165) is 24.2 Å². The number of hydrogen-bond acceptors (Lipinski definition) is 6. The number of carbonyl (C=O) groups is 1. The summed E-state index contributed by atoms with van der Waals surface area (Å²) < 4.78 is 40.8. The van der Waals surface area contributed by atoms with Gasteiger partial charge in [-0.3, -0.25) is 4.79 Å². The molecule has 0 fully saturated rings. The molecule has 1 aromatic carbocycles. The van der Waals surface area contributed by atoms with Crippen molar-refractivity contribution in [1.29, 1.82) is 0 Å². The first-order chi connectivity index (χ1) is 14.0. The van der Waals surface area contributed by atoms with Crippen molar-refractivity contribution >= 4 is 40.9 Å². The van der Waals surface area contributed by atoms with Crippen LogP contribution in [-0.4, -0.2) is 49.9 Å². The summed E-state index contributed by atoms with van der Waals surface area (Å²) in [5.41, 5.74) is 2.94. The van der Waals surface area contributed by atoms with Crippen LogP contribution in [0.15, 0.2) is 30.6 Å². The minimum absolute atomic E-state index is 0.0947. The Hall–Kier alpha value is -1.59. The third-order valence-corrected chi connectivity index (χ3v) is 5.80. The number of hydrogen-bond donors (Lipinski definition) is 3. The number of aliphatic carboxylic acids is 1. The largest absolute Gasteiger partial charge is 0.480 e. The second-order valence-corrected chi connectivity index (χ2v) is 8.44. The number of carboxylic acids is 1. The van der Waals surface area contributed by atoms with Crippen molar-refractivity contribution in [3.8, 4) is 11.1 Å². The predicted octanol–water partition coefficient (Wildman–Crippen LogP) is 4.13. The van der Waals surface area contributed by atoms with E-state index in [1.807, 2.05) is 0 Å². The SMILES string of the molecule is NC(CCSCCC(O)(c1ncc(-c2ccc(Cl)cc2Cl)cn1)C(F)(F)F)C(=O)O. The molecule has 2 unspecified atom stereocenters. The van der Waals surface area contributed by atoms with Crippen LogP contribution in [0.2, 0.25) is 10.0 Å². The van der Waals surface area contributed by atoms with E-state index >= 15 is 0 Å². The summed E-state index contributed by atoms with van der Waals surface area (Å²) in [5, 5.41) is 19.7. The second-order valence-electron chi connectivity index (χ2n) is 6.37. The van der Waals surface area contributed by atoms with Crippen LogP contribution < -0.4 is 5.73 Å². The van der Waals surface area contributed by atoms with Crippen LogP contribution in [0.5, 0.6) is 0 Å². The van der Waals surface area contributed by atoms with Crippen molar-refractivity contribution in [2.45, 2.75) is 30.7 Å². The Morgan fingerprint density at radius 1 is 1.20 bits per heavy atom. The van der Waals surface area contributed by atoms with Gasteiger partial charge in [0.1, 0.15) is 6.04 Å². The molecule has 6 nitrogen and oxygen atoms in total. The standard InChI is InChI=1S/C18H18Cl2F3N3O3S/c19-11-1-2-12(13(20)7-11)10-8-25-16(26-9-10)17(29,18(21,22)23)4-6-30-5-3-14(24)15(27)28/h1-2,7-9,14,29H,3-6,24H2,(H,27,28). The highest BCUT2D eigenvalue weighted by Gasteiger charge is 2.56. The molecule has 30 heavy (non-hydrogen) atoms. The summed E-state index contributed by atoms with van der Waals surface area (Å²) in [6.07, 6.45) is -3.33. The van der Waals surface area contributed by atoms with Gasteiger partial charge in [-0.05, 0) is 30.1 Å². The van der Waals surface area contributed by atoms with Gasteiger partial charge in [-0.25, -0.2) is 9.97 Å². The van der Waals surface area contributed by atoms with Crippen LogP contribution in [0.3, 0.4) is 0 Å². The molecule has 0 radical (unpaired) electrons. The van der Waals surface area contributed by atoms with Crippen molar-refractivity contribution in [2.75, 3.05) is 11.5 Å². The number of rotatable bonds is 9. The number of thioether (sulfide) groups is 1. The lowest BCUT2D eigenvalue weighted by Crippen LogP contribution is -2.44. The molecule has 0 amide bonds. The van der Waals surface area contributed by atoms with Crippen LogP contribution >= 0.6 is 35.0 Å². The number of nitrogens with zero attached hydrogens (tertiary/aromatic N) is 2. The number of nitrogens with two attached hydrogens (primary N) is 1. The molecule has 1 aromatic heterocycles. The van der Waals surface area contributed by atoms with Crippen LogP contribution in [-0.2, 0) is 10.4 Å². The molecule has 4 N–H and O–H groups in total. The Labute approximate surface area is 184 Å². The average molecular weight is 484 g/mol. The van der Waals surface area contributed by atoms with Gasteiger partial charge in [-0.2, -0.15) is 24.9 Å². The van der Waals surface area contributed by atoms with Crippen molar-refractivity contribution in [1.82, 2.24) is 9.97 Å². The molecule has 0 spiro atoms. The Morgan fingerprint density at radius 2 is 1.83 bits per heavy atom. The second kappa shape index (κ2) is 10.1. The molecule has 0 aliphatic rings. The maximum atomic E-state index is 13.6. The van der Waals surface area contributed by atoms with E-state index in [-0.39, 0.29) is 22.9 Å². The minimum Gasteiger partial charge on any atom is -0.480 e. The molecular formula is C18H18Cl2F3N3O3S. The molecule has 0 saturated carbocycles. The summed E-state index contributed by atoms with van der Waals surface area (Å²) in [7, 11) is 0. The Balaban J connectivity index is 2.13. The first-order valence-corrected chi connectivity index (χ1v) is 10.5. The fourth-order valence-corrected chi connectivity index (χ4v) is 4.02. The quantitative estimate of drug-likeness (QED) is 0.460. The van der Waals surface area contributed by atoms with Crippen LogP contribution in [0.4, 0.5) is 13.2 Å². The van der Waals surface area contributed by atoms with Gasteiger partial charge in [0, 0.05) is 40.0 Å². The number of aromatic nitrogens is 2. The van der Waals surface area contributed by atoms with E-state index in [2.05, 4.69) is 9.97 Å². The summed E-state index contributed by atoms with van der Waals surface area (Å²) in [6, 6.07) is 3.54. The lowest BCUT2D eigenvalue weighted by molar-refractivity contribution is -0.270. The van der Waals surface area contributed by atoms with Crippen molar-refractivity contribution in [2.24, 2.45) is 5.73 Å². The van der Waals surface area contributed by atoms with Gasteiger partial charge in [-0.1, -0.05) is 29.3 Å².